The number of amides is 1. The quantitative estimate of drug-likeness (QED) is 0.330. The zero-order valence-electron chi connectivity index (χ0n) is 14.1. The summed E-state index contributed by atoms with van der Waals surface area (Å²) in [5, 5.41) is 14.0. The number of esters is 1. The molecule has 0 saturated carbocycles. The molecule has 0 heterocycles. The number of nitrogens with zero attached hydrogens (tertiary/aromatic N) is 1. The highest BCUT2D eigenvalue weighted by Crippen LogP contribution is 2.23. The number of carbonyl (C=O) groups excluding carboxylic acids is 2. The van der Waals surface area contributed by atoms with Crippen LogP contribution in [0.3, 0.4) is 0 Å². The smallest absolute Gasteiger partial charge is 0.331 e. The van der Waals surface area contributed by atoms with Crippen molar-refractivity contribution in [3.8, 4) is 0 Å². The summed E-state index contributed by atoms with van der Waals surface area (Å²) in [6, 6.07) is 8.91. The molecule has 0 aromatic heterocycles. The van der Waals surface area contributed by atoms with Gasteiger partial charge in [-0.1, -0.05) is 35.3 Å². The molecule has 1 amide bonds. The second-order valence-corrected chi connectivity index (χ2v) is 6.23. The van der Waals surface area contributed by atoms with Crippen LogP contribution >= 0.6 is 23.2 Å². The van der Waals surface area contributed by atoms with Crippen molar-refractivity contribution in [3.05, 3.63) is 73.8 Å². The lowest BCUT2D eigenvalue weighted by Gasteiger charge is -2.08. The van der Waals surface area contributed by atoms with Crippen LogP contribution in [0.2, 0.25) is 10.0 Å². The number of rotatable bonds is 6. The van der Waals surface area contributed by atoms with E-state index in [1.165, 1.54) is 24.3 Å². The first-order chi connectivity index (χ1) is 12.8. The lowest BCUT2D eigenvalue weighted by molar-refractivity contribution is -0.384. The maximum atomic E-state index is 11.9. The van der Waals surface area contributed by atoms with Crippen LogP contribution < -0.4 is 5.32 Å². The Morgan fingerprint density at radius 2 is 1.93 bits per heavy atom. The largest absolute Gasteiger partial charge is 0.452 e. The summed E-state index contributed by atoms with van der Waals surface area (Å²) in [6.07, 6.45) is 2.61. The van der Waals surface area contributed by atoms with E-state index in [-0.39, 0.29) is 11.4 Å². The Morgan fingerprint density at radius 3 is 2.59 bits per heavy atom. The highest BCUT2D eigenvalue weighted by molar-refractivity contribution is 6.42. The van der Waals surface area contributed by atoms with Gasteiger partial charge < -0.3 is 10.1 Å². The average molecular weight is 409 g/mol. The minimum Gasteiger partial charge on any atom is -0.452 e. The van der Waals surface area contributed by atoms with Crippen LogP contribution in [0.15, 0.2) is 42.5 Å². The van der Waals surface area contributed by atoms with E-state index in [1.807, 2.05) is 0 Å². The Labute approximate surface area is 164 Å². The van der Waals surface area contributed by atoms with E-state index in [2.05, 4.69) is 5.32 Å². The van der Waals surface area contributed by atoms with E-state index in [9.17, 15) is 19.7 Å². The van der Waals surface area contributed by atoms with Crippen LogP contribution in [-0.4, -0.2) is 23.4 Å². The van der Waals surface area contributed by atoms with Gasteiger partial charge in [0.05, 0.1) is 20.7 Å². The number of hydrogen-bond acceptors (Lipinski definition) is 5. The summed E-state index contributed by atoms with van der Waals surface area (Å²) >= 11 is 11.7. The van der Waals surface area contributed by atoms with E-state index in [4.69, 9.17) is 27.9 Å². The van der Waals surface area contributed by atoms with E-state index in [0.717, 1.165) is 6.08 Å². The van der Waals surface area contributed by atoms with Crippen molar-refractivity contribution in [2.24, 2.45) is 0 Å². The van der Waals surface area contributed by atoms with E-state index >= 15 is 0 Å². The normalized spacial score (nSPS) is 10.6. The Morgan fingerprint density at radius 1 is 1.19 bits per heavy atom. The van der Waals surface area contributed by atoms with Gasteiger partial charge in [-0.2, -0.15) is 0 Å². The number of aryl methyl sites for hydroxylation is 1. The first kappa shape index (κ1) is 20.4. The van der Waals surface area contributed by atoms with Crippen molar-refractivity contribution in [1.29, 1.82) is 0 Å². The molecular formula is C18H14Cl2N2O5. The van der Waals surface area contributed by atoms with Crippen molar-refractivity contribution >= 4 is 52.5 Å². The summed E-state index contributed by atoms with van der Waals surface area (Å²) in [5.41, 5.74) is 1.40. The molecule has 0 unspecified atom stereocenters. The summed E-state index contributed by atoms with van der Waals surface area (Å²) in [7, 11) is 0. The SMILES string of the molecule is Cc1ccc([N+](=O)[O-])cc1NC(=O)COC(=O)/C=C/c1ccc(Cl)c(Cl)c1. The summed E-state index contributed by atoms with van der Waals surface area (Å²) in [5.74, 6) is -1.35. The lowest BCUT2D eigenvalue weighted by atomic mass is 10.2. The number of nitro benzene ring substituents is 1. The second kappa shape index (κ2) is 9.16. The number of nitro groups is 1. The Balaban J connectivity index is 1.90. The van der Waals surface area contributed by atoms with Gasteiger partial charge in [-0.25, -0.2) is 4.79 Å². The van der Waals surface area contributed by atoms with Gasteiger partial charge in [0, 0.05) is 18.2 Å². The molecule has 2 aromatic rings. The second-order valence-electron chi connectivity index (χ2n) is 5.42. The van der Waals surface area contributed by atoms with Gasteiger partial charge in [0.2, 0.25) is 0 Å². The monoisotopic (exact) mass is 408 g/mol. The maximum Gasteiger partial charge on any atom is 0.331 e. The number of nitrogens with one attached hydrogen (secondary N) is 1. The fourth-order valence-corrected chi connectivity index (χ4v) is 2.32. The molecule has 140 valence electrons. The van der Waals surface area contributed by atoms with Gasteiger partial charge in [-0.15, -0.1) is 0 Å². The standard InChI is InChI=1S/C18H14Cl2N2O5/c1-11-2-5-13(22(25)26)9-16(11)21-17(23)10-27-18(24)7-4-12-3-6-14(19)15(20)8-12/h2-9H,10H2,1H3,(H,21,23)/b7-4+. The van der Waals surface area contributed by atoms with Crippen LogP contribution in [-0.2, 0) is 14.3 Å². The molecule has 0 radical (unpaired) electrons. The highest BCUT2D eigenvalue weighted by Gasteiger charge is 2.12. The maximum absolute atomic E-state index is 11.9. The van der Waals surface area contributed by atoms with Crippen LogP contribution in [0.25, 0.3) is 6.08 Å². The van der Waals surface area contributed by atoms with Crippen LogP contribution in [0, 0.1) is 17.0 Å². The number of ether oxygens (including phenoxy) is 1. The Hall–Kier alpha value is -2.90. The summed E-state index contributed by atoms with van der Waals surface area (Å²) in [4.78, 5) is 33.8. The van der Waals surface area contributed by atoms with Gasteiger partial charge in [0.15, 0.2) is 6.61 Å². The average Bonchev–Trinajstić information content (AvgIpc) is 2.62. The molecular weight excluding hydrogens is 395 g/mol. The minimum atomic E-state index is -0.730. The fraction of sp³-hybridized carbons (Fsp3) is 0.111. The lowest BCUT2D eigenvalue weighted by Crippen LogP contribution is -2.20. The Bertz CT molecular complexity index is 928. The third kappa shape index (κ3) is 6.09. The van der Waals surface area contributed by atoms with Gasteiger partial charge in [0.1, 0.15) is 0 Å². The van der Waals surface area contributed by atoms with Crippen LogP contribution in [0.1, 0.15) is 11.1 Å². The molecule has 0 spiro atoms. The minimum absolute atomic E-state index is 0.155. The molecule has 0 saturated heterocycles. The topological polar surface area (TPSA) is 98.5 Å². The predicted octanol–water partition coefficient (Wildman–Crippen LogP) is 4.41. The summed E-state index contributed by atoms with van der Waals surface area (Å²) < 4.78 is 4.84. The van der Waals surface area contributed by atoms with Gasteiger partial charge in [-0.3, -0.25) is 14.9 Å². The number of hydrogen-bond donors (Lipinski definition) is 1. The number of carbonyl (C=O) groups is 2. The van der Waals surface area contributed by atoms with Crippen molar-refractivity contribution in [1.82, 2.24) is 0 Å². The third-order valence-electron chi connectivity index (χ3n) is 3.41. The van der Waals surface area contributed by atoms with E-state index < -0.39 is 23.4 Å². The highest BCUT2D eigenvalue weighted by atomic mass is 35.5. The molecule has 7 nitrogen and oxygen atoms in total. The molecule has 0 aliphatic heterocycles. The molecule has 0 bridgehead atoms. The van der Waals surface area contributed by atoms with Crippen molar-refractivity contribution in [3.63, 3.8) is 0 Å². The first-order valence-electron chi connectivity index (χ1n) is 7.61. The van der Waals surface area contributed by atoms with Crippen LogP contribution in [0.4, 0.5) is 11.4 Å². The molecule has 0 atom stereocenters. The molecule has 0 aliphatic rings. The number of halogens is 2. The zero-order valence-corrected chi connectivity index (χ0v) is 15.6. The predicted molar refractivity (Wildman–Crippen MR) is 103 cm³/mol. The molecule has 2 rings (SSSR count). The van der Waals surface area contributed by atoms with Gasteiger partial charge >= 0.3 is 5.97 Å². The molecule has 9 heteroatoms. The van der Waals surface area contributed by atoms with Crippen LogP contribution in [0.5, 0.6) is 0 Å². The summed E-state index contributed by atoms with van der Waals surface area (Å²) in [6.45, 7) is 1.15. The molecule has 0 fully saturated rings. The number of non-ortho nitro benzene ring substituents is 1. The van der Waals surface area contributed by atoms with Crippen molar-refractivity contribution in [2.75, 3.05) is 11.9 Å². The Kier molecular flexibility index (Phi) is 6.92. The van der Waals surface area contributed by atoms with Crippen molar-refractivity contribution < 1.29 is 19.2 Å². The molecule has 2 aromatic carbocycles. The van der Waals surface area contributed by atoms with E-state index in [0.29, 0.717) is 21.2 Å². The van der Waals surface area contributed by atoms with Crippen molar-refractivity contribution in [2.45, 2.75) is 6.92 Å². The van der Waals surface area contributed by atoms with Gasteiger partial charge in [-0.05, 0) is 36.3 Å². The number of benzene rings is 2. The number of anilines is 1. The van der Waals surface area contributed by atoms with Gasteiger partial charge in [0.25, 0.3) is 11.6 Å². The molecule has 1 N–H and O–H groups in total. The molecule has 27 heavy (non-hydrogen) atoms. The first-order valence-corrected chi connectivity index (χ1v) is 8.36. The zero-order chi connectivity index (χ0) is 20.0. The molecule has 0 aliphatic carbocycles. The fourth-order valence-electron chi connectivity index (χ4n) is 2.01. The third-order valence-corrected chi connectivity index (χ3v) is 4.15. The van der Waals surface area contributed by atoms with E-state index in [1.54, 1.807) is 25.1 Å².